The van der Waals surface area contributed by atoms with Gasteiger partial charge in [-0.1, -0.05) is 13.3 Å². The van der Waals surface area contributed by atoms with Gasteiger partial charge in [0.05, 0.1) is 4.90 Å². The molecule has 0 unspecified atom stereocenters. The quantitative estimate of drug-likeness (QED) is 0.801. The van der Waals surface area contributed by atoms with E-state index in [1.54, 1.807) is 25.2 Å². The zero-order valence-electron chi connectivity index (χ0n) is 13.8. The number of nitrogens with zero attached hydrogens (tertiary/aromatic N) is 2. The summed E-state index contributed by atoms with van der Waals surface area (Å²) in [6, 6.07) is 5.17. The fourth-order valence-electron chi connectivity index (χ4n) is 3.00. The average molecular weight is 336 g/mol. The van der Waals surface area contributed by atoms with Crippen LogP contribution in [0.3, 0.4) is 0 Å². The molecule has 0 radical (unpaired) electrons. The van der Waals surface area contributed by atoms with Crippen LogP contribution in [0.4, 0.5) is 5.69 Å². The van der Waals surface area contributed by atoms with E-state index in [9.17, 15) is 13.2 Å². The molecule has 0 bridgehead atoms. The van der Waals surface area contributed by atoms with Crippen LogP contribution in [0.25, 0.3) is 0 Å². The third-order valence-corrected chi connectivity index (χ3v) is 6.53. The lowest BCUT2D eigenvalue weighted by molar-refractivity contribution is -0.119. The Bertz CT molecular complexity index is 711. The first-order valence-corrected chi connectivity index (χ1v) is 9.79. The molecule has 1 aromatic rings. The number of carbonyl (C=O) groups is 1. The Balaban J connectivity index is 1.83. The molecule has 0 N–H and O–H groups in total. The fraction of sp³-hybridized carbons (Fsp3) is 0.588. The van der Waals surface area contributed by atoms with Crippen molar-refractivity contribution in [3.8, 4) is 0 Å². The average Bonchev–Trinajstić information content (AvgIpc) is 3.30. The van der Waals surface area contributed by atoms with Gasteiger partial charge in [-0.3, -0.25) is 4.79 Å². The predicted molar refractivity (Wildman–Crippen MR) is 89.9 cm³/mol. The van der Waals surface area contributed by atoms with Gasteiger partial charge < -0.3 is 4.90 Å². The summed E-state index contributed by atoms with van der Waals surface area (Å²) in [4.78, 5) is 14.4. The Morgan fingerprint density at radius 2 is 2.09 bits per heavy atom. The lowest BCUT2D eigenvalue weighted by atomic mass is 10.2. The van der Waals surface area contributed by atoms with E-state index in [1.807, 2.05) is 11.8 Å². The number of fused-ring (bicyclic) bond motifs is 1. The van der Waals surface area contributed by atoms with Crippen LogP contribution in [-0.2, 0) is 21.2 Å². The van der Waals surface area contributed by atoms with Crippen LogP contribution < -0.4 is 4.90 Å². The second-order valence-corrected chi connectivity index (χ2v) is 8.53. The summed E-state index contributed by atoms with van der Waals surface area (Å²) < 4.78 is 26.7. The van der Waals surface area contributed by atoms with Crippen molar-refractivity contribution >= 4 is 21.6 Å². The lowest BCUT2D eigenvalue weighted by Crippen LogP contribution is -2.30. The highest BCUT2D eigenvalue weighted by Crippen LogP contribution is 2.37. The number of hydrogen-bond donors (Lipinski definition) is 0. The highest BCUT2D eigenvalue weighted by atomic mass is 32.2. The zero-order chi connectivity index (χ0) is 16.6. The van der Waals surface area contributed by atoms with Crippen LogP contribution >= 0.6 is 0 Å². The van der Waals surface area contributed by atoms with Crippen molar-refractivity contribution in [1.82, 2.24) is 4.31 Å². The van der Waals surface area contributed by atoms with Gasteiger partial charge >= 0.3 is 0 Å². The molecule has 0 aromatic heterocycles. The van der Waals surface area contributed by atoms with Gasteiger partial charge in [0.2, 0.25) is 15.9 Å². The molecular formula is C17H24N2O3S. The maximum absolute atomic E-state index is 12.6. The van der Waals surface area contributed by atoms with Crippen molar-refractivity contribution in [2.45, 2.75) is 43.9 Å². The van der Waals surface area contributed by atoms with E-state index in [-0.39, 0.29) is 11.8 Å². The molecule has 23 heavy (non-hydrogen) atoms. The number of carbonyl (C=O) groups excluding carboxylic acids is 1. The molecule has 2 aliphatic rings. The summed E-state index contributed by atoms with van der Waals surface area (Å²) in [6.45, 7) is 3.24. The van der Waals surface area contributed by atoms with Gasteiger partial charge in [0, 0.05) is 31.7 Å². The Hall–Kier alpha value is -1.40. The molecule has 1 aliphatic carbocycles. The standard InChI is InChI=1S/C17H24N2O3S/c1-3-4-10-18(2)23(21,22)15-7-8-16-14(12-15)9-11-19(16)17(20)13-5-6-13/h7-8,12-13H,3-6,9-11H2,1-2H3. The van der Waals surface area contributed by atoms with Gasteiger partial charge in [0.1, 0.15) is 0 Å². The van der Waals surface area contributed by atoms with E-state index >= 15 is 0 Å². The van der Waals surface area contributed by atoms with E-state index in [0.717, 1.165) is 43.4 Å². The Labute approximate surface area is 138 Å². The number of anilines is 1. The second-order valence-electron chi connectivity index (χ2n) is 6.48. The first-order chi connectivity index (χ1) is 10.9. The van der Waals surface area contributed by atoms with E-state index in [2.05, 4.69) is 0 Å². The van der Waals surface area contributed by atoms with Gasteiger partial charge in [-0.25, -0.2) is 12.7 Å². The first-order valence-electron chi connectivity index (χ1n) is 8.35. The zero-order valence-corrected chi connectivity index (χ0v) is 14.6. The van der Waals surface area contributed by atoms with Crippen molar-refractivity contribution in [3.63, 3.8) is 0 Å². The van der Waals surface area contributed by atoms with E-state index in [4.69, 9.17) is 0 Å². The van der Waals surface area contributed by atoms with Crippen LogP contribution in [-0.4, -0.2) is 38.8 Å². The fourth-order valence-corrected chi connectivity index (χ4v) is 4.26. The number of hydrogen-bond acceptors (Lipinski definition) is 3. The van der Waals surface area contributed by atoms with E-state index in [1.165, 1.54) is 4.31 Å². The van der Waals surface area contributed by atoms with Crippen LogP contribution in [0.2, 0.25) is 0 Å². The summed E-state index contributed by atoms with van der Waals surface area (Å²) in [5, 5.41) is 0. The van der Waals surface area contributed by atoms with Crippen molar-refractivity contribution in [2.24, 2.45) is 5.92 Å². The molecule has 3 rings (SSSR count). The molecule has 0 saturated heterocycles. The van der Waals surface area contributed by atoms with Crippen LogP contribution in [0.1, 0.15) is 38.2 Å². The largest absolute Gasteiger partial charge is 0.312 e. The highest BCUT2D eigenvalue weighted by Gasteiger charge is 2.36. The Kier molecular flexibility index (Phi) is 4.47. The summed E-state index contributed by atoms with van der Waals surface area (Å²) in [7, 11) is -1.82. The van der Waals surface area contributed by atoms with E-state index in [0.29, 0.717) is 18.0 Å². The molecule has 1 heterocycles. The highest BCUT2D eigenvalue weighted by molar-refractivity contribution is 7.89. The normalized spacial score (nSPS) is 17.6. The molecule has 5 nitrogen and oxygen atoms in total. The summed E-state index contributed by atoms with van der Waals surface area (Å²) >= 11 is 0. The third-order valence-electron chi connectivity index (χ3n) is 4.67. The lowest BCUT2D eigenvalue weighted by Gasteiger charge is -2.19. The molecule has 0 atom stereocenters. The Morgan fingerprint density at radius 1 is 1.35 bits per heavy atom. The smallest absolute Gasteiger partial charge is 0.242 e. The van der Waals surface area contributed by atoms with Crippen molar-refractivity contribution < 1.29 is 13.2 Å². The number of rotatable bonds is 6. The molecule has 1 amide bonds. The summed E-state index contributed by atoms with van der Waals surface area (Å²) in [5.41, 5.74) is 1.85. The van der Waals surface area contributed by atoms with Crippen LogP contribution in [0.5, 0.6) is 0 Å². The van der Waals surface area contributed by atoms with Gasteiger partial charge in [-0.15, -0.1) is 0 Å². The second kappa shape index (κ2) is 6.24. The van der Waals surface area contributed by atoms with Gasteiger partial charge in [-0.05, 0) is 49.4 Å². The topological polar surface area (TPSA) is 57.7 Å². The SMILES string of the molecule is CCCCN(C)S(=O)(=O)c1ccc2c(c1)CCN2C(=O)C1CC1. The maximum Gasteiger partial charge on any atom is 0.242 e. The maximum atomic E-state index is 12.6. The van der Waals surface area contributed by atoms with Gasteiger partial charge in [0.15, 0.2) is 0 Å². The molecular weight excluding hydrogens is 312 g/mol. The molecule has 126 valence electrons. The molecule has 0 spiro atoms. The summed E-state index contributed by atoms with van der Waals surface area (Å²) in [6.07, 6.45) is 4.52. The molecule has 1 aliphatic heterocycles. The van der Waals surface area contributed by atoms with Gasteiger partial charge in [-0.2, -0.15) is 0 Å². The molecule has 1 aromatic carbocycles. The minimum Gasteiger partial charge on any atom is -0.312 e. The third kappa shape index (κ3) is 3.15. The molecule has 1 saturated carbocycles. The monoisotopic (exact) mass is 336 g/mol. The van der Waals surface area contributed by atoms with Crippen LogP contribution in [0, 0.1) is 5.92 Å². The number of sulfonamides is 1. The molecule has 1 fully saturated rings. The van der Waals surface area contributed by atoms with Gasteiger partial charge in [0.25, 0.3) is 0 Å². The molecule has 6 heteroatoms. The van der Waals surface area contributed by atoms with E-state index < -0.39 is 10.0 Å². The number of amides is 1. The van der Waals surface area contributed by atoms with Crippen LogP contribution in [0.15, 0.2) is 23.1 Å². The van der Waals surface area contributed by atoms with Crippen molar-refractivity contribution in [2.75, 3.05) is 25.0 Å². The van der Waals surface area contributed by atoms with Crippen molar-refractivity contribution in [3.05, 3.63) is 23.8 Å². The number of benzene rings is 1. The minimum atomic E-state index is -3.44. The Morgan fingerprint density at radius 3 is 2.74 bits per heavy atom. The first kappa shape index (κ1) is 16.5. The minimum absolute atomic E-state index is 0.185. The predicted octanol–water partition coefficient (Wildman–Crippen LogP) is 2.41. The van der Waals surface area contributed by atoms with Crippen molar-refractivity contribution in [1.29, 1.82) is 0 Å². The number of unbranched alkanes of at least 4 members (excludes halogenated alkanes) is 1. The summed E-state index contributed by atoms with van der Waals surface area (Å²) in [5.74, 6) is 0.379.